The first-order valence-electron chi connectivity index (χ1n) is 2.12. The predicted molar refractivity (Wildman–Crippen MR) is 39.9 cm³/mol. The highest BCUT2D eigenvalue weighted by molar-refractivity contribution is 6.76. The van der Waals surface area contributed by atoms with Crippen molar-refractivity contribution in [3.05, 3.63) is 0 Å². The van der Waals surface area contributed by atoms with Gasteiger partial charge in [0.1, 0.15) is 0 Å². The predicted octanol–water partition coefficient (Wildman–Crippen LogP) is 2.02. The summed E-state index contributed by atoms with van der Waals surface area (Å²) in [4.78, 5) is 0. The van der Waals surface area contributed by atoms with Gasteiger partial charge in [0.25, 0.3) is 0 Å². The van der Waals surface area contributed by atoms with E-state index in [1.54, 1.807) is 0 Å². The van der Waals surface area contributed by atoms with Crippen LogP contribution in [-0.2, 0) is 4.74 Å². The lowest BCUT2D eigenvalue weighted by Crippen LogP contribution is -2.22. The maximum atomic E-state index is 7.02. The van der Waals surface area contributed by atoms with Gasteiger partial charge in [0.2, 0.25) is 3.79 Å². The quantitative estimate of drug-likeness (QED) is 0.524. The Bertz CT molecular complexity index is 109. The van der Waals surface area contributed by atoms with Crippen molar-refractivity contribution in [1.29, 1.82) is 5.41 Å². The van der Waals surface area contributed by atoms with Crippen LogP contribution in [0.25, 0.3) is 0 Å². The van der Waals surface area contributed by atoms with E-state index >= 15 is 0 Å². The van der Waals surface area contributed by atoms with Gasteiger partial charge in [0.05, 0.1) is 12.3 Å². The standard InChI is InChI=1S/C4H6Cl3NO/c1-9-2-3(8)4(5,6)7/h8H,2H2,1H3. The Hall–Kier alpha value is 0.500. The molecule has 54 valence electrons. The molecule has 1 N–H and O–H groups in total. The molecule has 0 aromatic carbocycles. The van der Waals surface area contributed by atoms with Gasteiger partial charge in [0.15, 0.2) is 0 Å². The molecule has 0 radical (unpaired) electrons. The summed E-state index contributed by atoms with van der Waals surface area (Å²) in [6, 6.07) is 0. The highest BCUT2D eigenvalue weighted by atomic mass is 35.6. The highest BCUT2D eigenvalue weighted by Crippen LogP contribution is 2.26. The Morgan fingerprint density at radius 1 is 1.56 bits per heavy atom. The Kier molecular flexibility index (Phi) is 3.82. The first-order chi connectivity index (χ1) is 3.98. The highest BCUT2D eigenvalue weighted by Gasteiger charge is 2.25. The first-order valence-corrected chi connectivity index (χ1v) is 3.25. The van der Waals surface area contributed by atoms with Gasteiger partial charge in [-0.25, -0.2) is 0 Å². The maximum Gasteiger partial charge on any atom is 0.230 e. The number of hydrogen-bond donors (Lipinski definition) is 1. The molecule has 0 fully saturated rings. The van der Waals surface area contributed by atoms with Crippen LogP contribution < -0.4 is 0 Å². The fourth-order valence-corrected chi connectivity index (χ4v) is 0.390. The lowest BCUT2D eigenvalue weighted by molar-refractivity contribution is 0.243. The number of alkyl halides is 3. The van der Waals surface area contributed by atoms with E-state index in [1.807, 2.05) is 0 Å². The molecule has 5 heteroatoms. The molecule has 0 aliphatic rings. The van der Waals surface area contributed by atoms with E-state index in [1.165, 1.54) is 7.11 Å². The van der Waals surface area contributed by atoms with Crippen LogP contribution in [0.1, 0.15) is 0 Å². The molecule has 2 nitrogen and oxygen atoms in total. The van der Waals surface area contributed by atoms with Crippen molar-refractivity contribution in [2.24, 2.45) is 0 Å². The molecular formula is C4H6Cl3NO. The van der Waals surface area contributed by atoms with Crippen molar-refractivity contribution in [3.8, 4) is 0 Å². The second-order valence-corrected chi connectivity index (χ2v) is 3.69. The number of rotatable bonds is 2. The Labute approximate surface area is 68.5 Å². The largest absolute Gasteiger partial charge is 0.379 e. The van der Waals surface area contributed by atoms with Gasteiger partial charge in [-0.1, -0.05) is 34.8 Å². The van der Waals surface area contributed by atoms with Crippen molar-refractivity contribution in [2.45, 2.75) is 3.79 Å². The van der Waals surface area contributed by atoms with Crippen LogP contribution in [0.15, 0.2) is 0 Å². The maximum absolute atomic E-state index is 7.02. The smallest absolute Gasteiger partial charge is 0.230 e. The van der Waals surface area contributed by atoms with E-state index < -0.39 is 3.79 Å². The molecule has 0 aliphatic heterocycles. The van der Waals surface area contributed by atoms with Gasteiger partial charge in [0, 0.05) is 7.11 Å². The SMILES string of the molecule is COCC(=N)C(Cl)(Cl)Cl. The zero-order valence-electron chi connectivity index (χ0n) is 4.75. The van der Waals surface area contributed by atoms with Crippen molar-refractivity contribution < 1.29 is 4.74 Å². The van der Waals surface area contributed by atoms with Crippen molar-refractivity contribution in [1.82, 2.24) is 0 Å². The van der Waals surface area contributed by atoms with Crippen LogP contribution >= 0.6 is 34.8 Å². The van der Waals surface area contributed by atoms with Crippen LogP contribution in [-0.4, -0.2) is 23.2 Å². The van der Waals surface area contributed by atoms with E-state index in [4.69, 9.17) is 40.2 Å². The van der Waals surface area contributed by atoms with E-state index in [-0.39, 0.29) is 12.3 Å². The van der Waals surface area contributed by atoms with E-state index in [0.29, 0.717) is 0 Å². The van der Waals surface area contributed by atoms with Crippen LogP contribution in [0, 0.1) is 5.41 Å². The van der Waals surface area contributed by atoms with E-state index in [2.05, 4.69) is 4.74 Å². The Balaban J connectivity index is 3.74. The van der Waals surface area contributed by atoms with Gasteiger partial charge in [-0.05, 0) is 0 Å². The fraction of sp³-hybridized carbons (Fsp3) is 0.750. The average Bonchev–Trinajstić information content (AvgIpc) is 1.64. The number of ether oxygens (including phenoxy) is 1. The minimum Gasteiger partial charge on any atom is -0.379 e. The molecule has 0 saturated heterocycles. The van der Waals surface area contributed by atoms with Crippen molar-refractivity contribution in [3.63, 3.8) is 0 Å². The van der Waals surface area contributed by atoms with Crippen LogP contribution in [0.5, 0.6) is 0 Å². The second-order valence-electron chi connectivity index (χ2n) is 1.41. The van der Waals surface area contributed by atoms with E-state index in [0.717, 1.165) is 0 Å². The third kappa shape index (κ3) is 3.98. The van der Waals surface area contributed by atoms with Crippen LogP contribution in [0.2, 0.25) is 0 Å². The number of hydrogen-bond acceptors (Lipinski definition) is 2. The molecule has 0 heterocycles. The summed E-state index contributed by atoms with van der Waals surface area (Å²) in [5.41, 5.74) is -0.0602. The van der Waals surface area contributed by atoms with Crippen molar-refractivity contribution >= 4 is 40.5 Å². The second kappa shape index (κ2) is 3.62. The van der Waals surface area contributed by atoms with E-state index in [9.17, 15) is 0 Å². The summed E-state index contributed by atoms with van der Waals surface area (Å²) in [6.07, 6.45) is 0. The Morgan fingerprint density at radius 2 is 2.00 bits per heavy atom. The first kappa shape index (κ1) is 9.50. The molecule has 0 unspecified atom stereocenters. The molecule has 9 heavy (non-hydrogen) atoms. The molecule has 0 atom stereocenters. The zero-order chi connectivity index (χ0) is 7.49. The zero-order valence-corrected chi connectivity index (χ0v) is 7.02. The minimum atomic E-state index is -1.62. The molecule has 0 aliphatic carbocycles. The van der Waals surface area contributed by atoms with Crippen molar-refractivity contribution in [2.75, 3.05) is 13.7 Å². The van der Waals surface area contributed by atoms with Gasteiger partial charge < -0.3 is 10.1 Å². The summed E-state index contributed by atoms with van der Waals surface area (Å²) in [6.45, 7) is 0.0521. The Morgan fingerprint density at radius 3 is 2.11 bits per heavy atom. The number of nitrogens with one attached hydrogen (secondary N) is 1. The molecule has 0 bridgehead atoms. The van der Waals surface area contributed by atoms with Gasteiger partial charge in [-0.15, -0.1) is 0 Å². The molecule has 0 rings (SSSR count). The average molecular weight is 190 g/mol. The summed E-state index contributed by atoms with van der Waals surface area (Å²) in [5, 5.41) is 7.02. The molecule has 0 aromatic rings. The minimum absolute atomic E-state index is 0.0521. The summed E-state index contributed by atoms with van der Waals surface area (Å²) < 4.78 is 2.94. The number of methoxy groups -OCH3 is 1. The monoisotopic (exact) mass is 189 g/mol. The lowest BCUT2D eigenvalue weighted by atomic mass is 10.4. The van der Waals surface area contributed by atoms with Crippen LogP contribution in [0.4, 0.5) is 0 Å². The molecular weight excluding hydrogens is 184 g/mol. The molecule has 0 spiro atoms. The molecule has 0 amide bonds. The molecule has 0 saturated carbocycles. The fourth-order valence-electron chi connectivity index (χ4n) is 0.226. The normalized spacial score (nSPS) is 11.6. The number of halogens is 3. The summed E-state index contributed by atoms with van der Waals surface area (Å²) in [5.74, 6) is 0. The lowest BCUT2D eigenvalue weighted by Gasteiger charge is -2.10. The summed E-state index contributed by atoms with van der Waals surface area (Å²) >= 11 is 15.9. The van der Waals surface area contributed by atoms with Gasteiger partial charge in [-0.3, -0.25) is 0 Å². The third-order valence-electron chi connectivity index (χ3n) is 0.631. The molecule has 0 aromatic heterocycles. The summed E-state index contributed by atoms with van der Waals surface area (Å²) in [7, 11) is 1.44. The van der Waals surface area contributed by atoms with Gasteiger partial charge >= 0.3 is 0 Å². The van der Waals surface area contributed by atoms with Gasteiger partial charge in [-0.2, -0.15) is 0 Å². The topological polar surface area (TPSA) is 33.1 Å². The third-order valence-corrected chi connectivity index (χ3v) is 1.32. The van der Waals surface area contributed by atoms with Crippen LogP contribution in [0.3, 0.4) is 0 Å².